The van der Waals surface area contributed by atoms with Crippen molar-refractivity contribution in [1.82, 2.24) is 9.47 Å². The largest absolute Gasteiger partial charge is 0.364 e. The zero-order chi connectivity index (χ0) is 33.1. The van der Waals surface area contributed by atoms with Gasteiger partial charge in [-0.05, 0) is 128 Å². The van der Waals surface area contributed by atoms with E-state index in [0.29, 0.717) is 17.5 Å². The number of benzene rings is 2. The van der Waals surface area contributed by atoms with E-state index in [-0.39, 0.29) is 12.0 Å². The van der Waals surface area contributed by atoms with Gasteiger partial charge in [0, 0.05) is 47.1 Å². The minimum Gasteiger partial charge on any atom is -0.364 e. The highest BCUT2D eigenvalue weighted by molar-refractivity contribution is 5.74. The fourth-order valence-electron chi connectivity index (χ4n) is 9.50. The number of hydrogen-bond donors (Lipinski definition) is 0. The van der Waals surface area contributed by atoms with Gasteiger partial charge in [-0.25, -0.2) is 0 Å². The van der Waals surface area contributed by atoms with E-state index in [2.05, 4.69) is 113 Å². The summed E-state index contributed by atoms with van der Waals surface area (Å²) in [6.07, 6.45) is 30.2. The fourth-order valence-corrected chi connectivity index (χ4v) is 9.50. The molecule has 6 aliphatic rings. The Kier molecular flexibility index (Phi) is 7.32. The van der Waals surface area contributed by atoms with Crippen molar-refractivity contribution in [3.8, 4) is 17.8 Å². The van der Waals surface area contributed by atoms with Crippen molar-refractivity contribution in [2.45, 2.75) is 69.9 Å². The smallest absolute Gasteiger partial charge is 0.0991 e. The molecule has 0 spiro atoms. The second kappa shape index (κ2) is 12.0. The first-order valence-corrected chi connectivity index (χ1v) is 18.1. The van der Waals surface area contributed by atoms with Crippen LogP contribution in [0.3, 0.4) is 0 Å². The van der Waals surface area contributed by atoms with Gasteiger partial charge in [0.2, 0.25) is 0 Å². The van der Waals surface area contributed by atoms with Gasteiger partial charge in [0.05, 0.1) is 35.7 Å². The lowest BCUT2D eigenvalue weighted by Crippen LogP contribution is -2.34. The third kappa shape index (κ3) is 4.87. The Morgan fingerprint density at radius 2 is 1.73 bits per heavy atom. The number of anilines is 1. The number of likely N-dealkylation sites (N-methyl/N-ethyl adjacent to an activating group) is 1. The van der Waals surface area contributed by atoms with Crippen molar-refractivity contribution < 1.29 is 0 Å². The first-order chi connectivity index (χ1) is 24.1. The summed E-state index contributed by atoms with van der Waals surface area (Å²) >= 11 is 0. The summed E-state index contributed by atoms with van der Waals surface area (Å²) in [6.45, 7) is 0. The zero-order valence-corrected chi connectivity index (χ0v) is 28.1. The Morgan fingerprint density at radius 1 is 0.857 bits per heavy atom. The average molecular weight is 640 g/mol. The molecule has 3 heterocycles. The highest BCUT2D eigenvalue weighted by Gasteiger charge is 2.43. The average Bonchev–Trinajstić information content (AvgIpc) is 3.67. The second-order valence-corrected chi connectivity index (χ2v) is 14.4. The van der Waals surface area contributed by atoms with Crippen molar-refractivity contribution in [2.24, 2.45) is 11.8 Å². The third-order valence-corrected chi connectivity index (χ3v) is 11.7. The van der Waals surface area contributed by atoms with Gasteiger partial charge in [0.25, 0.3) is 0 Å². The van der Waals surface area contributed by atoms with Gasteiger partial charge in [0.1, 0.15) is 0 Å². The number of fused-ring (bicyclic) bond motifs is 5. The predicted octanol–water partition coefficient (Wildman–Crippen LogP) is 9.58. The maximum absolute atomic E-state index is 9.92. The van der Waals surface area contributed by atoms with Crippen LogP contribution < -0.4 is 4.90 Å². The molecular formula is C44H41N5. The maximum Gasteiger partial charge on any atom is 0.0991 e. The van der Waals surface area contributed by atoms with Crippen LogP contribution in [0.5, 0.6) is 0 Å². The van der Waals surface area contributed by atoms with Crippen LogP contribution in [-0.2, 0) is 12.8 Å². The van der Waals surface area contributed by atoms with Crippen molar-refractivity contribution in [3.05, 3.63) is 135 Å². The molecule has 0 saturated carbocycles. The molecule has 9 rings (SSSR count). The van der Waals surface area contributed by atoms with Gasteiger partial charge in [-0.3, -0.25) is 0 Å². The van der Waals surface area contributed by atoms with Crippen LogP contribution >= 0.6 is 0 Å². The van der Waals surface area contributed by atoms with E-state index in [1.165, 1.54) is 50.7 Å². The van der Waals surface area contributed by atoms with Crippen molar-refractivity contribution >= 4 is 23.5 Å². The Hall–Kier alpha value is -5.26. The number of nitrogens with zero attached hydrogens (tertiary/aromatic N) is 5. The number of nitriles is 2. The van der Waals surface area contributed by atoms with E-state index in [9.17, 15) is 10.5 Å². The molecule has 0 N–H and O–H groups in total. The molecule has 5 nitrogen and oxygen atoms in total. The molecule has 2 aliphatic heterocycles. The summed E-state index contributed by atoms with van der Waals surface area (Å²) < 4.78 is 2.57. The Labute approximate surface area is 289 Å². The summed E-state index contributed by atoms with van der Waals surface area (Å²) in [7, 11) is 2.18. The molecule has 3 aromatic rings. The summed E-state index contributed by atoms with van der Waals surface area (Å²) in [5, 5.41) is 19.6. The van der Waals surface area contributed by atoms with Gasteiger partial charge < -0.3 is 14.4 Å². The van der Waals surface area contributed by atoms with E-state index in [0.717, 1.165) is 69.0 Å². The van der Waals surface area contributed by atoms with E-state index >= 15 is 0 Å². The van der Waals surface area contributed by atoms with Gasteiger partial charge in [-0.1, -0.05) is 54.7 Å². The molecule has 4 unspecified atom stereocenters. The van der Waals surface area contributed by atoms with Crippen LogP contribution in [0.25, 0.3) is 23.5 Å². The predicted molar refractivity (Wildman–Crippen MR) is 197 cm³/mol. The summed E-state index contributed by atoms with van der Waals surface area (Å²) in [6, 6.07) is 20.5. The SMILES string of the molecule is CN1C(c2cccc(C#N)c2)=CC=CC1c1cc(N2C3=C(CC(C#N)CC3)C3CCC=CC32)cc(-n2c3c(c4c2CCC=C4)CCC=C3)c1. The molecular weight excluding hydrogens is 599 g/mol. The summed E-state index contributed by atoms with van der Waals surface area (Å²) in [5.74, 6) is 0.596. The monoisotopic (exact) mass is 639 g/mol. The second-order valence-electron chi connectivity index (χ2n) is 14.4. The summed E-state index contributed by atoms with van der Waals surface area (Å²) in [4.78, 5) is 5.02. The minimum absolute atomic E-state index is 0.0187. The van der Waals surface area contributed by atoms with Crippen LogP contribution in [0.4, 0.5) is 5.69 Å². The maximum atomic E-state index is 9.92. The molecule has 1 aromatic heterocycles. The molecule has 2 aromatic carbocycles. The van der Waals surface area contributed by atoms with E-state index in [1.54, 1.807) is 0 Å². The molecule has 242 valence electrons. The van der Waals surface area contributed by atoms with Crippen molar-refractivity contribution in [3.63, 3.8) is 0 Å². The van der Waals surface area contributed by atoms with Crippen molar-refractivity contribution in [2.75, 3.05) is 11.9 Å². The van der Waals surface area contributed by atoms with Crippen LogP contribution in [0, 0.1) is 34.5 Å². The lowest BCUT2D eigenvalue weighted by molar-refractivity contribution is 0.412. The molecule has 5 heteroatoms. The zero-order valence-electron chi connectivity index (χ0n) is 28.1. The molecule has 49 heavy (non-hydrogen) atoms. The number of aromatic nitrogens is 1. The van der Waals surface area contributed by atoms with Crippen molar-refractivity contribution in [1.29, 1.82) is 10.5 Å². The molecule has 0 radical (unpaired) electrons. The first-order valence-electron chi connectivity index (χ1n) is 18.1. The van der Waals surface area contributed by atoms with E-state index in [1.807, 2.05) is 18.2 Å². The normalized spacial score (nSPS) is 24.9. The standard InChI is InChI=1S/C44H41N5/c1-47-39(31-11-8-10-29(22-31)27-45)18-9-19-40(47)32-24-33(48-41-15-5-2-12-35(41)36-13-3-6-16-42(36)48)26-34(25-32)49-43-17-7-4-14-37(43)38-23-30(28-46)20-21-44(38)49/h2,6-12,16-19,22,24-26,30,37,40,43H,3-5,13-15,20-21,23H2,1H3. The van der Waals surface area contributed by atoms with Gasteiger partial charge in [-0.15, -0.1) is 0 Å². The first kappa shape index (κ1) is 29.8. The molecule has 4 aliphatic carbocycles. The lowest BCUT2D eigenvalue weighted by Gasteiger charge is -2.36. The minimum atomic E-state index is 0.0187. The number of allylic oxidation sites excluding steroid dienone is 6. The highest BCUT2D eigenvalue weighted by Crippen LogP contribution is 2.50. The summed E-state index contributed by atoms with van der Waals surface area (Å²) in [5.41, 5.74) is 15.2. The lowest BCUT2D eigenvalue weighted by atomic mass is 9.79. The third-order valence-electron chi connectivity index (χ3n) is 11.7. The van der Waals surface area contributed by atoms with Gasteiger partial charge in [-0.2, -0.15) is 10.5 Å². The fraction of sp³-hybridized carbons (Fsp3) is 0.318. The molecule has 4 atom stereocenters. The topological polar surface area (TPSA) is 59.0 Å². The Bertz CT molecular complexity index is 2140. The highest BCUT2D eigenvalue weighted by atomic mass is 15.2. The van der Waals surface area contributed by atoms with Gasteiger partial charge >= 0.3 is 0 Å². The molecule has 0 saturated heterocycles. The Morgan fingerprint density at radius 3 is 2.63 bits per heavy atom. The molecule has 0 fully saturated rings. The van der Waals surface area contributed by atoms with Gasteiger partial charge in [0.15, 0.2) is 0 Å². The molecule has 0 bridgehead atoms. The van der Waals surface area contributed by atoms with Crippen LogP contribution in [0.15, 0.2) is 96.3 Å². The van der Waals surface area contributed by atoms with E-state index in [4.69, 9.17) is 0 Å². The van der Waals surface area contributed by atoms with Crippen LogP contribution in [0.1, 0.15) is 90.2 Å². The number of hydrogen-bond acceptors (Lipinski definition) is 4. The van der Waals surface area contributed by atoms with E-state index < -0.39 is 0 Å². The van der Waals surface area contributed by atoms with Crippen LogP contribution in [0.2, 0.25) is 0 Å². The van der Waals surface area contributed by atoms with Crippen LogP contribution in [-0.4, -0.2) is 22.6 Å². The quantitative estimate of drug-likeness (QED) is 0.267. The number of rotatable bonds is 4. The molecule has 0 amide bonds. The Balaban J connectivity index is 1.22.